The smallest absolute Gasteiger partial charge is 0.0567 e. The minimum Gasteiger partial charge on any atom is -0.379 e. The van der Waals surface area contributed by atoms with Crippen LogP contribution >= 0.6 is 0 Å². The topological polar surface area (TPSA) is 40.7 Å². The molecule has 0 aliphatic heterocycles. The van der Waals surface area contributed by atoms with E-state index in [9.17, 15) is 0 Å². The Hall–Kier alpha value is -1.77. The van der Waals surface area contributed by atoms with Gasteiger partial charge in [0.15, 0.2) is 0 Å². The van der Waals surface area contributed by atoms with E-state index in [0.29, 0.717) is 5.92 Å². The van der Waals surface area contributed by atoms with Crippen LogP contribution in [0, 0.1) is 0 Å². The normalized spacial score (nSPS) is 10.7. The second kappa shape index (κ2) is 4.84. The zero-order chi connectivity index (χ0) is 11.4. The van der Waals surface area contributed by atoms with Crippen molar-refractivity contribution in [3.05, 3.63) is 47.8 Å². The molecule has 3 heteroatoms. The van der Waals surface area contributed by atoms with E-state index in [1.807, 2.05) is 6.07 Å². The van der Waals surface area contributed by atoms with Gasteiger partial charge >= 0.3 is 0 Å². The molecule has 0 fully saturated rings. The Bertz CT molecular complexity index is 432. The Morgan fingerprint density at radius 1 is 1.25 bits per heavy atom. The van der Waals surface area contributed by atoms with Crippen molar-refractivity contribution in [2.45, 2.75) is 26.3 Å². The largest absolute Gasteiger partial charge is 0.379 e. The molecule has 0 amide bonds. The number of hydrogen-bond acceptors (Lipinski definition) is 2. The lowest BCUT2D eigenvalue weighted by Crippen LogP contribution is -2.03. The van der Waals surface area contributed by atoms with Crippen molar-refractivity contribution in [3.8, 4) is 0 Å². The van der Waals surface area contributed by atoms with Crippen molar-refractivity contribution < 1.29 is 0 Å². The summed E-state index contributed by atoms with van der Waals surface area (Å²) in [5, 5.41) is 10.3. The zero-order valence-electron chi connectivity index (χ0n) is 9.70. The van der Waals surface area contributed by atoms with Gasteiger partial charge in [-0.15, -0.1) is 0 Å². The van der Waals surface area contributed by atoms with Crippen LogP contribution in [0.25, 0.3) is 0 Å². The van der Waals surface area contributed by atoms with Gasteiger partial charge in [0.05, 0.1) is 12.2 Å². The van der Waals surface area contributed by atoms with Crippen molar-refractivity contribution >= 4 is 5.69 Å². The number of rotatable bonds is 4. The summed E-state index contributed by atoms with van der Waals surface area (Å²) < 4.78 is 0. The number of nitrogens with one attached hydrogen (secondary N) is 2. The highest BCUT2D eigenvalue weighted by Crippen LogP contribution is 2.23. The fraction of sp³-hybridized carbons (Fsp3) is 0.308. The number of hydrogen-bond donors (Lipinski definition) is 2. The molecule has 0 radical (unpaired) electrons. The third-order valence-electron chi connectivity index (χ3n) is 2.61. The highest BCUT2D eigenvalue weighted by Gasteiger charge is 2.05. The molecule has 1 aromatic carbocycles. The molecule has 0 saturated carbocycles. The summed E-state index contributed by atoms with van der Waals surface area (Å²) in [5.41, 5.74) is 3.65. The summed E-state index contributed by atoms with van der Waals surface area (Å²) in [6, 6.07) is 10.4. The van der Waals surface area contributed by atoms with Crippen LogP contribution in [0.5, 0.6) is 0 Å². The average Bonchev–Trinajstić information content (AvgIpc) is 2.79. The molecule has 16 heavy (non-hydrogen) atoms. The summed E-state index contributed by atoms with van der Waals surface area (Å²) >= 11 is 0. The van der Waals surface area contributed by atoms with Gasteiger partial charge < -0.3 is 5.32 Å². The predicted octanol–water partition coefficient (Wildman–Crippen LogP) is 3.15. The Morgan fingerprint density at radius 2 is 2.06 bits per heavy atom. The third kappa shape index (κ3) is 2.42. The molecular formula is C13H17N3. The summed E-state index contributed by atoms with van der Waals surface area (Å²) in [6.45, 7) is 5.19. The van der Waals surface area contributed by atoms with E-state index in [4.69, 9.17) is 0 Å². The number of anilines is 1. The summed E-state index contributed by atoms with van der Waals surface area (Å²) in [4.78, 5) is 0. The van der Waals surface area contributed by atoms with Crippen LogP contribution in [0.15, 0.2) is 36.5 Å². The van der Waals surface area contributed by atoms with Crippen LogP contribution in [0.3, 0.4) is 0 Å². The highest BCUT2D eigenvalue weighted by molar-refractivity contribution is 5.52. The Kier molecular flexibility index (Phi) is 3.25. The standard InChI is InChI=1S/C13H17N3/c1-10(2)12-5-3-4-6-13(12)14-9-11-7-8-15-16-11/h3-8,10,14H,9H2,1-2H3,(H,15,16). The van der Waals surface area contributed by atoms with Crippen molar-refractivity contribution in [3.63, 3.8) is 0 Å². The van der Waals surface area contributed by atoms with Crippen LogP contribution in [0.4, 0.5) is 5.69 Å². The molecule has 1 aromatic heterocycles. The number of benzene rings is 1. The molecule has 84 valence electrons. The second-order valence-corrected chi connectivity index (χ2v) is 4.18. The average molecular weight is 215 g/mol. The van der Waals surface area contributed by atoms with Gasteiger partial charge in [-0.1, -0.05) is 32.0 Å². The number of aromatic nitrogens is 2. The monoisotopic (exact) mass is 215 g/mol. The van der Waals surface area contributed by atoms with Crippen LogP contribution in [-0.4, -0.2) is 10.2 Å². The van der Waals surface area contributed by atoms with E-state index in [2.05, 4.69) is 53.6 Å². The first-order valence-electron chi connectivity index (χ1n) is 5.58. The van der Waals surface area contributed by atoms with Crippen molar-refractivity contribution in [1.82, 2.24) is 10.2 Å². The van der Waals surface area contributed by atoms with E-state index in [-0.39, 0.29) is 0 Å². The van der Waals surface area contributed by atoms with Crippen molar-refractivity contribution in [2.75, 3.05) is 5.32 Å². The number of nitrogens with zero attached hydrogens (tertiary/aromatic N) is 1. The fourth-order valence-corrected chi connectivity index (χ4v) is 1.74. The second-order valence-electron chi connectivity index (χ2n) is 4.18. The van der Waals surface area contributed by atoms with Gasteiger partial charge in [-0.3, -0.25) is 5.10 Å². The lowest BCUT2D eigenvalue weighted by Gasteiger charge is -2.13. The quantitative estimate of drug-likeness (QED) is 0.822. The molecule has 0 aliphatic carbocycles. The minimum absolute atomic E-state index is 0.533. The van der Waals surface area contributed by atoms with E-state index < -0.39 is 0 Å². The third-order valence-corrected chi connectivity index (χ3v) is 2.61. The molecule has 2 aromatic rings. The van der Waals surface area contributed by atoms with Crippen molar-refractivity contribution in [2.24, 2.45) is 0 Å². The number of aromatic amines is 1. The number of H-pyrrole nitrogens is 1. The predicted molar refractivity (Wildman–Crippen MR) is 66.4 cm³/mol. The molecule has 1 heterocycles. The molecule has 3 nitrogen and oxygen atoms in total. The molecule has 0 atom stereocenters. The van der Waals surface area contributed by atoms with Gasteiger partial charge in [0.25, 0.3) is 0 Å². The first-order valence-corrected chi connectivity index (χ1v) is 5.58. The Labute approximate surface area is 95.9 Å². The lowest BCUT2D eigenvalue weighted by atomic mass is 10.0. The summed E-state index contributed by atoms with van der Waals surface area (Å²) in [7, 11) is 0. The summed E-state index contributed by atoms with van der Waals surface area (Å²) in [6.07, 6.45) is 1.77. The van der Waals surface area contributed by atoms with Gasteiger partial charge in [0.2, 0.25) is 0 Å². The van der Waals surface area contributed by atoms with Crippen LogP contribution in [-0.2, 0) is 6.54 Å². The zero-order valence-corrected chi connectivity index (χ0v) is 9.70. The van der Waals surface area contributed by atoms with Crippen molar-refractivity contribution in [1.29, 1.82) is 0 Å². The lowest BCUT2D eigenvalue weighted by molar-refractivity contribution is 0.863. The Morgan fingerprint density at radius 3 is 2.75 bits per heavy atom. The maximum absolute atomic E-state index is 3.93. The van der Waals surface area contributed by atoms with Gasteiger partial charge in [-0.25, -0.2) is 0 Å². The first-order chi connectivity index (χ1) is 7.77. The first kappa shape index (κ1) is 10.7. The molecule has 0 spiro atoms. The fourth-order valence-electron chi connectivity index (χ4n) is 1.74. The molecule has 0 saturated heterocycles. The SMILES string of the molecule is CC(C)c1ccccc1NCc1ccn[nH]1. The van der Waals surface area contributed by atoms with E-state index in [1.54, 1.807) is 6.20 Å². The van der Waals surface area contributed by atoms with Crippen LogP contribution in [0.2, 0.25) is 0 Å². The molecule has 0 bridgehead atoms. The van der Waals surface area contributed by atoms with E-state index >= 15 is 0 Å². The summed E-state index contributed by atoms with van der Waals surface area (Å²) in [5.74, 6) is 0.533. The Balaban J connectivity index is 2.09. The van der Waals surface area contributed by atoms with E-state index in [0.717, 1.165) is 12.2 Å². The van der Waals surface area contributed by atoms with Crippen LogP contribution < -0.4 is 5.32 Å². The van der Waals surface area contributed by atoms with Crippen LogP contribution in [0.1, 0.15) is 31.0 Å². The maximum atomic E-state index is 3.93. The maximum Gasteiger partial charge on any atom is 0.0567 e. The van der Waals surface area contributed by atoms with Gasteiger partial charge in [0.1, 0.15) is 0 Å². The highest BCUT2D eigenvalue weighted by atomic mass is 15.1. The minimum atomic E-state index is 0.533. The number of para-hydroxylation sites is 1. The van der Waals surface area contributed by atoms with Gasteiger partial charge in [-0.05, 0) is 23.6 Å². The molecule has 0 aliphatic rings. The molecular weight excluding hydrogens is 198 g/mol. The van der Waals surface area contributed by atoms with E-state index in [1.165, 1.54) is 11.3 Å². The molecule has 2 N–H and O–H groups in total. The molecule has 2 rings (SSSR count). The van der Waals surface area contributed by atoms with Gasteiger partial charge in [-0.2, -0.15) is 5.10 Å². The molecule has 0 unspecified atom stereocenters. The van der Waals surface area contributed by atoms with Gasteiger partial charge in [0, 0.05) is 11.9 Å².